The van der Waals surface area contributed by atoms with Crippen molar-refractivity contribution < 1.29 is 4.79 Å². The van der Waals surface area contributed by atoms with Crippen LogP contribution in [0.2, 0.25) is 0 Å². The molecule has 4 heteroatoms. The van der Waals surface area contributed by atoms with Gasteiger partial charge in [0.15, 0.2) is 0 Å². The molecule has 1 aliphatic rings. The van der Waals surface area contributed by atoms with Crippen molar-refractivity contribution in [3.63, 3.8) is 0 Å². The zero-order valence-corrected chi connectivity index (χ0v) is 9.81. The second-order valence-corrected chi connectivity index (χ2v) is 4.28. The molecule has 2 rings (SSSR count). The van der Waals surface area contributed by atoms with Crippen molar-refractivity contribution in [2.45, 2.75) is 6.92 Å². The van der Waals surface area contributed by atoms with E-state index in [1.54, 1.807) is 6.20 Å². The van der Waals surface area contributed by atoms with Crippen LogP contribution in [0.3, 0.4) is 0 Å². The Kier molecular flexibility index (Phi) is 3.19. The quantitative estimate of drug-likeness (QED) is 0.700. The Morgan fingerprint density at radius 1 is 1.25 bits per heavy atom. The van der Waals surface area contributed by atoms with E-state index in [1.807, 2.05) is 24.0 Å². The molecule has 1 aromatic heterocycles. The summed E-state index contributed by atoms with van der Waals surface area (Å²) >= 11 is 0. The number of hydrogen-bond donors (Lipinski definition) is 0. The molecular formula is C12H17N3O. The standard InChI is InChI=1S/C12H17N3O/c1-10-3-4-11(9-13-10)12(16)15-7-5-14(2)6-8-15/h3-4,9H,5-8H2,1-2H3. The lowest BCUT2D eigenvalue weighted by atomic mass is 10.2. The van der Waals surface area contributed by atoms with Gasteiger partial charge in [-0.2, -0.15) is 0 Å². The number of piperazine rings is 1. The van der Waals surface area contributed by atoms with Gasteiger partial charge in [-0.05, 0) is 26.1 Å². The first-order chi connectivity index (χ1) is 7.66. The number of aryl methyl sites for hydroxylation is 1. The van der Waals surface area contributed by atoms with Gasteiger partial charge in [-0.3, -0.25) is 9.78 Å². The van der Waals surface area contributed by atoms with Gasteiger partial charge in [0.1, 0.15) is 0 Å². The first-order valence-corrected chi connectivity index (χ1v) is 5.57. The summed E-state index contributed by atoms with van der Waals surface area (Å²) in [4.78, 5) is 20.4. The van der Waals surface area contributed by atoms with Crippen LogP contribution in [-0.2, 0) is 0 Å². The van der Waals surface area contributed by atoms with E-state index in [1.165, 1.54) is 0 Å². The molecule has 0 unspecified atom stereocenters. The molecule has 1 saturated heterocycles. The fraction of sp³-hybridized carbons (Fsp3) is 0.500. The van der Waals surface area contributed by atoms with E-state index < -0.39 is 0 Å². The van der Waals surface area contributed by atoms with Gasteiger partial charge in [-0.25, -0.2) is 0 Å². The summed E-state index contributed by atoms with van der Waals surface area (Å²) in [6, 6.07) is 3.73. The molecule has 0 bridgehead atoms. The fourth-order valence-electron chi connectivity index (χ4n) is 1.79. The minimum absolute atomic E-state index is 0.0978. The third-order valence-electron chi connectivity index (χ3n) is 2.95. The van der Waals surface area contributed by atoms with Crippen molar-refractivity contribution in [2.24, 2.45) is 0 Å². The Hall–Kier alpha value is -1.42. The first kappa shape index (κ1) is 11.1. The normalized spacial score (nSPS) is 17.5. The minimum atomic E-state index is 0.0978. The van der Waals surface area contributed by atoms with Gasteiger partial charge in [0.25, 0.3) is 5.91 Å². The number of carbonyl (C=O) groups is 1. The Balaban J connectivity index is 2.05. The van der Waals surface area contributed by atoms with Crippen molar-refractivity contribution in [3.8, 4) is 0 Å². The molecule has 1 amide bonds. The van der Waals surface area contributed by atoms with E-state index in [9.17, 15) is 4.79 Å². The number of amides is 1. The number of aromatic nitrogens is 1. The molecule has 0 aromatic carbocycles. The van der Waals surface area contributed by atoms with Crippen LogP contribution in [0.25, 0.3) is 0 Å². The van der Waals surface area contributed by atoms with E-state index in [2.05, 4.69) is 16.9 Å². The minimum Gasteiger partial charge on any atom is -0.336 e. The van der Waals surface area contributed by atoms with Crippen LogP contribution < -0.4 is 0 Å². The number of nitrogens with zero attached hydrogens (tertiary/aromatic N) is 3. The van der Waals surface area contributed by atoms with Crippen LogP contribution in [0.4, 0.5) is 0 Å². The Labute approximate surface area is 95.9 Å². The Bertz CT molecular complexity index is 366. The molecule has 16 heavy (non-hydrogen) atoms. The van der Waals surface area contributed by atoms with Gasteiger partial charge in [-0.15, -0.1) is 0 Å². The van der Waals surface area contributed by atoms with Crippen LogP contribution in [0, 0.1) is 6.92 Å². The molecule has 0 atom stereocenters. The summed E-state index contributed by atoms with van der Waals surface area (Å²) in [5.74, 6) is 0.0978. The smallest absolute Gasteiger partial charge is 0.255 e. The summed E-state index contributed by atoms with van der Waals surface area (Å²) in [7, 11) is 2.08. The van der Waals surface area contributed by atoms with E-state index in [0.29, 0.717) is 5.56 Å². The second-order valence-electron chi connectivity index (χ2n) is 4.28. The summed E-state index contributed by atoms with van der Waals surface area (Å²) < 4.78 is 0. The van der Waals surface area contributed by atoms with Crippen LogP contribution in [0.5, 0.6) is 0 Å². The highest BCUT2D eigenvalue weighted by Crippen LogP contribution is 2.07. The lowest BCUT2D eigenvalue weighted by molar-refractivity contribution is 0.0663. The molecule has 0 aliphatic carbocycles. The number of likely N-dealkylation sites (N-methyl/N-ethyl adjacent to an activating group) is 1. The molecule has 1 aromatic rings. The monoisotopic (exact) mass is 219 g/mol. The zero-order chi connectivity index (χ0) is 11.5. The second kappa shape index (κ2) is 4.61. The van der Waals surface area contributed by atoms with Crippen LogP contribution in [-0.4, -0.2) is 53.9 Å². The lowest BCUT2D eigenvalue weighted by Gasteiger charge is -2.32. The van der Waals surface area contributed by atoms with E-state index >= 15 is 0 Å². The summed E-state index contributed by atoms with van der Waals surface area (Å²) in [5, 5.41) is 0. The van der Waals surface area contributed by atoms with Crippen molar-refractivity contribution in [3.05, 3.63) is 29.6 Å². The molecule has 0 N–H and O–H groups in total. The van der Waals surface area contributed by atoms with Gasteiger partial charge >= 0.3 is 0 Å². The average molecular weight is 219 g/mol. The maximum absolute atomic E-state index is 12.1. The van der Waals surface area contributed by atoms with Crippen molar-refractivity contribution in [1.29, 1.82) is 0 Å². The van der Waals surface area contributed by atoms with Crippen molar-refractivity contribution in [1.82, 2.24) is 14.8 Å². The van der Waals surface area contributed by atoms with Crippen LogP contribution >= 0.6 is 0 Å². The number of carbonyl (C=O) groups excluding carboxylic acids is 1. The van der Waals surface area contributed by atoms with Crippen LogP contribution in [0.1, 0.15) is 16.1 Å². The average Bonchev–Trinajstić information content (AvgIpc) is 2.30. The molecule has 1 aliphatic heterocycles. The zero-order valence-electron chi connectivity index (χ0n) is 9.81. The largest absolute Gasteiger partial charge is 0.336 e. The van der Waals surface area contributed by atoms with Gasteiger partial charge < -0.3 is 9.80 Å². The topological polar surface area (TPSA) is 36.4 Å². The maximum atomic E-state index is 12.1. The Morgan fingerprint density at radius 3 is 2.50 bits per heavy atom. The van der Waals surface area contributed by atoms with Gasteiger partial charge in [-0.1, -0.05) is 0 Å². The van der Waals surface area contributed by atoms with E-state index in [0.717, 1.165) is 31.9 Å². The highest BCUT2D eigenvalue weighted by molar-refractivity contribution is 5.94. The summed E-state index contributed by atoms with van der Waals surface area (Å²) in [5.41, 5.74) is 1.63. The predicted octanol–water partition coefficient (Wildman–Crippen LogP) is 0.778. The van der Waals surface area contributed by atoms with E-state index in [-0.39, 0.29) is 5.91 Å². The number of pyridine rings is 1. The summed E-state index contributed by atoms with van der Waals surface area (Å²) in [6.07, 6.45) is 1.66. The summed E-state index contributed by atoms with van der Waals surface area (Å²) in [6.45, 7) is 5.44. The van der Waals surface area contributed by atoms with Gasteiger partial charge in [0.2, 0.25) is 0 Å². The fourth-order valence-corrected chi connectivity index (χ4v) is 1.79. The lowest BCUT2D eigenvalue weighted by Crippen LogP contribution is -2.47. The third-order valence-corrected chi connectivity index (χ3v) is 2.95. The van der Waals surface area contributed by atoms with Gasteiger partial charge in [0, 0.05) is 38.1 Å². The molecule has 0 radical (unpaired) electrons. The number of hydrogen-bond acceptors (Lipinski definition) is 3. The molecule has 1 fully saturated rings. The third kappa shape index (κ3) is 2.39. The Morgan fingerprint density at radius 2 is 1.94 bits per heavy atom. The highest BCUT2D eigenvalue weighted by atomic mass is 16.2. The SMILES string of the molecule is Cc1ccc(C(=O)N2CCN(C)CC2)cn1. The van der Waals surface area contributed by atoms with E-state index in [4.69, 9.17) is 0 Å². The molecular weight excluding hydrogens is 202 g/mol. The first-order valence-electron chi connectivity index (χ1n) is 5.57. The van der Waals surface area contributed by atoms with Crippen molar-refractivity contribution in [2.75, 3.05) is 33.2 Å². The highest BCUT2D eigenvalue weighted by Gasteiger charge is 2.20. The molecule has 86 valence electrons. The molecule has 0 saturated carbocycles. The predicted molar refractivity (Wildman–Crippen MR) is 62.4 cm³/mol. The molecule has 2 heterocycles. The molecule has 4 nitrogen and oxygen atoms in total. The number of rotatable bonds is 1. The van der Waals surface area contributed by atoms with Gasteiger partial charge in [0.05, 0.1) is 5.56 Å². The molecule has 0 spiro atoms. The van der Waals surface area contributed by atoms with Crippen LogP contribution in [0.15, 0.2) is 18.3 Å². The van der Waals surface area contributed by atoms with Crippen molar-refractivity contribution >= 4 is 5.91 Å². The maximum Gasteiger partial charge on any atom is 0.255 e.